The van der Waals surface area contributed by atoms with Crippen LogP contribution in [0.15, 0.2) is 24.3 Å². The van der Waals surface area contributed by atoms with Crippen LogP contribution < -0.4 is 4.74 Å². The van der Waals surface area contributed by atoms with E-state index in [-0.39, 0.29) is 11.5 Å². The van der Waals surface area contributed by atoms with Crippen molar-refractivity contribution in [2.75, 3.05) is 26.3 Å². The van der Waals surface area contributed by atoms with Gasteiger partial charge in [-0.05, 0) is 31.5 Å². The van der Waals surface area contributed by atoms with Crippen LogP contribution in [0.25, 0.3) is 0 Å². The van der Waals surface area contributed by atoms with E-state index in [4.69, 9.17) is 14.6 Å². The van der Waals surface area contributed by atoms with E-state index in [0.29, 0.717) is 31.0 Å². The molecule has 6 heteroatoms. The minimum Gasteiger partial charge on any atom is -0.482 e. The molecule has 0 aliphatic carbocycles. The molecule has 1 saturated heterocycles. The van der Waals surface area contributed by atoms with Crippen LogP contribution in [0, 0.1) is 0 Å². The molecule has 1 fully saturated rings. The summed E-state index contributed by atoms with van der Waals surface area (Å²) in [6.45, 7) is 5.22. The molecule has 0 radical (unpaired) electrons. The Morgan fingerprint density at radius 2 is 2.23 bits per heavy atom. The Morgan fingerprint density at radius 3 is 2.91 bits per heavy atom. The van der Waals surface area contributed by atoms with Gasteiger partial charge < -0.3 is 19.5 Å². The Balaban J connectivity index is 2.08. The number of morpholine rings is 1. The van der Waals surface area contributed by atoms with Crippen molar-refractivity contribution in [1.29, 1.82) is 0 Å². The Kier molecular flexibility index (Phi) is 5.03. The van der Waals surface area contributed by atoms with Gasteiger partial charge in [0.2, 0.25) is 0 Å². The second-order valence-electron chi connectivity index (χ2n) is 5.59. The van der Waals surface area contributed by atoms with Gasteiger partial charge in [0.1, 0.15) is 5.75 Å². The van der Waals surface area contributed by atoms with Crippen LogP contribution in [0.1, 0.15) is 30.6 Å². The largest absolute Gasteiger partial charge is 0.482 e. The Hall–Kier alpha value is -2.08. The minimum atomic E-state index is -1.05. The van der Waals surface area contributed by atoms with E-state index < -0.39 is 12.6 Å². The zero-order valence-corrected chi connectivity index (χ0v) is 12.9. The van der Waals surface area contributed by atoms with Crippen LogP contribution in [0.2, 0.25) is 0 Å². The molecule has 1 amide bonds. The van der Waals surface area contributed by atoms with Crippen molar-refractivity contribution in [3.05, 3.63) is 29.8 Å². The summed E-state index contributed by atoms with van der Waals surface area (Å²) >= 11 is 0. The number of hydrogen-bond donors (Lipinski definition) is 1. The van der Waals surface area contributed by atoms with Crippen molar-refractivity contribution in [2.45, 2.75) is 25.9 Å². The molecule has 1 unspecified atom stereocenters. The fraction of sp³-hybridized carbons (Fsp3) is 0.500. The predicted octanol–water partition coefficient (Wildman–Crippen LogP) is 1.79. The van der Waals surface area contributed by atoms with Gasteiger partial charge in [-0.2, -0.15) is 0 Å². The number of benzene rings is 1. The Labute approximate surface area is 129 Å². The smallest absolute Gasteiger partial charge is 0.341 e. The molecule has 0 spiro atoms. The van der Waals surface area contributed by atoms with Gasteiger partial charge in [-0.1, -0.05) is 13.0 Å². The van der Waals surface area contributed by atoms with Crippen molar-refractivity contribution in [3.8, 4) is 5.75 Å². The normalized spacial score (nSPS) is 21.5. The Bertz CT molecular complexity index is 559. The molecule has 1 aliphatic rings. The van der Waals surface area contributed by atoms with Crippen LogP contribution in [0.5, 0.6) is 5.75 Å². The predicted molar refractivity (Wildman–Crippen MR) is 80.1 cm³/mol. The van der Waals surface area contributed by atoms with Crippen LogP contribution >= 0.6 is 0 Å². The van der Waals surface area contributed by atoms with Gasteiger partial charge in [-0.3, -0.25) is 4.79 Å². The SMILES string of the molecule is CCC1(C)CN(C(=O)c2cccc(OCC(=O)O)c2)CCO1. The van der Waals surface area contributed by atoms with E-state index in [1.54, 1.807) is 29.2 Å². The number of aliphatic carboxylic acids is 1. The summed E-state index contributed by atoms with van der Waals surface area (Å²) in [6, 6.07) is 6.60. The molecule has 6 nitrogen and oxygen atoms in total. The number of nitrogens with zero attached hydrogens (tertiary/aromatic N) is 1. The highest BCUT2D eigenvalue weighted by molar-refractivity contribution is 5.94. The number of rotatable bonds is 5. The molecule has 2 rings (SSSR count). The zero-order valence-electron chi connectivity index (χ0n) is 12.9. The Morgan fingerprint density at radius 1 is 1.45 bits per heavy atom. The number of ether oxygens (including phenoxy) is 2. The number of carbonyl (C=O) groups is 2. The monoisotopic (exact) mass is 307 g/mol. The first-order chi connectivity index (χ1) is 10.4. The fourth-order valence-corrected chi connectivity index (χ4v) is 2.36. The molecule has 0 aromatic heterocycles. The average molecular weight is 307 g/mol. The summed E-state index contributed by atoms with van der Waals surface area (Å²) in [5.74, 6) is -0.771. The first-order valence-electron chi connectivity index (χ1n) is 7.31. The maximum absolute atomic E-state index is 12.6. The molecule has 0 saturated carbocycles. The second kappa shape index (κ2) is 6.79. The van der Waals surface area contributed by atoms with Gasteiger partial charge in [0.05, 0.1) is 12.2 Å². The molecule has 1 atom stereocenters. The van der Waals surface area contributed by atoms with Crippen LogP contribution in [0.3, 0.4) is 0 Å². The lowest BCUT2D eigenvalue weighted by molar-refractivity contribution is -0.139. The maximum Gasteiger partial charge on any atom is 0.341 e. The molecule has 1 heterocycles. The molecular formula is C16H21NO5. The quantitative estimate of drug-likeness (QED) is 0.897. The van der Waals surface area contributed by atoms with Crippen LogP contribution in [-0.4, -0.2) is 53.8 Å². The van der Waals surface area contributed by atoms with E-state index in [2.05, 4.69) is 0 Å². The number of amides is 1. The molecule has 22 heavy (non-hydrogen) atoms. The van der Waals surface area contributed by atoms with Crippen molar-refractivity contribution in [3.63, 3.8) is 0 Å². The zero-order chi connectivity index (χ0) is 16.2. The number of carboxylic acids is 1. The molecule has 1 aromatic rings. The highest BCUT2D eigenvalue weighted by atomic mass is 16.5. The molecule has 120 valence electrons. The first kappa shape index (κ1) is 16.3. The van der Waals surface area contributed by atoms with Gasteiger partial charge >= 0.3 is 5.97 Å². The number of carbonyl (C=O) groups excluding carboxylic acids is 1. The summed E-state index contributed by atoms with van der Waals surface area (Å²) in [5.41, 5.74) is 0.175. The van der Waals surface area contributed by atoms with Crippen molar-refractivity contribution < 1.29 is 24.2 Å². The highest BCUT2D eigenvalue weighted by Crippen LogP contribution is 2.23. The van der Waals surface area contributed by atoms with E-state index in [1.165, 1.54) is 0 Å². The summed E-state index contributed by atoms with van der Waals surface area (Å²) in [5, 5.41) is 8.63. The standard InChI is InChI=1S/C16H21NO5/c1-3-16(2)11-17(7-8-22-16)15(20)12-5-4-6-13(9-12)21-10-14(18)19/h4-6,9H,3,7-8,10-11H2,1-2H3,(H,18,19). The lowest BCUT2D eigenvalue weighted by Gasteiger charge is -2.40. The third-order valence-corrected chi connectivity index (χ3v) is 3.82. The van der Waals surface area contributed by atoms with Crippen LogP contribution in [0.4, 0.5) is 0 Å². The number of hydrogen-bond acceptors (Lipinski definition) is 4. The van der Waals surface area contributed by atoms with Gasteiger partial charge in [0.15, 0.2) is 6.61 Å². The van der Waals surface area contributed by atoms with Gasteiger partial charge in [0, 0.05) is 18.7 Å². The van der Waals surface area contributed by atoms with Crippen LogP contribution in [-0.2, 0) is 9.53 Å². The molecule has 1 aromatic carbocycles. The highest BCUT2D eigenvalue weighted by Gasteiger charge is 2.32. The van der Waals surface area contributed by atoms with E-state index >= 15 is 0 Å². The van der Waals surface area contributed by atoms with Gasteiger partial charge in [0.25, 0.3) is 5.91 Å². The first-order valence-corrected chi connectivity index (χ1v) is 7.31. The van der Waals surface area contributed by atoms with E-state index in [9.17, 15) is 9.59 Å². The van der Waals surface area contributed by atoms with Crippen molar-refractivity contribution >= 4 is 11.9 Å². The third-order valence-electron chi connectivity index (χ3n) is 3.82. The second-order valence-corrected chi connectivity index (χ2v) is 5.59. The fourth-order valence-electron chi connectivity index (χ4n) is 2.36. The molecule has 1 N–H and O–H groups in total. The van der Waals surface area contributed by atoms with Gasteiger partial charge in [-0.25, -0.2) is 4.79 Å². The summed E-state index contributed by atoms with van der Waals surface area (Å²) < 4.78 is 10.8. The average Bonchev–Trinajstić information content (AvgIpc) is 2.52. The topological polar surface area (TPSA) is 76.1 Å². The lowest BCUT2D eigenvalue weighted by atomic mass is 10.0. The summed E-state index contributed by atoms with van der Waals surface area (Å²) in [7, 11) is 0. The third kappa shape index (κ3) is 3.98. The minimum absolute atomic E-state index is 0.0937. The molecule has 1 aliphatic heterocycles. The van der Waals surface area contributed by atoms with Gasteiger partial charge in [-0.15, -0.1) is 0 Å². The lowest BCUT2D eigenvalue weighted by Crippen LogP contribution is -2.51. The summed E-state index contributed by atoms with van der Waals surface area (Å²) in [4.78, 5) is 24.9. The van der Waals surface area contributed by atoms with Crippen molar-refractivity contribution in [1.82, 2.24) is 4.90 Å². The van der Waals surface area contributed by atoms with E-state index in [0.717, 1.165) is 6.42 Å². The van der Waals surface area contributed by atoms with E-state index in [1.807, 2.05) is 13.8 Å². The van der Waals surface area contributed by atoms with Crippen molar-refractivity contribution in [2.24, 2.45) is 0 Å². The molecule has 0 bridgehead atoms. The summed E-state index contributed by atoms with van der Waals surface area (Å²) in [6.07, 6.45) is 0.832. The molecular weight excluding hydrogens is 286 g/mol. The number of carboxylic acid groups (broad SMARTS) is 1. The maximum atomic E-state index is 12.6.